The van der Waals surface area contributed by atoms with Crippen molar-refractivity contribution >= 4 is 35.6 Å². The molecule has 1 aliphatic rings. The summed E-state index contributed by atoms with van der Waals surface area (Å²) in [5.41, 5.74) is 2.78. The third-order valence-corrected chi connectivity index (χ3v) is 7.45. The Balaban J connectivity index is 1.64. The van der Waals surface area contributed by atoms with Crippen LogP contribution in [0.3, 0.4) is 0 Å². The minimum atomic E-state index is -1.20. The first-order valence-corrected chi connectivity index (χ1v) is 14.2. The van der Waals surface area contributed by atoms with Gasteiger partial charge in [0.05, 0.1) is 12.0 Å². The standard InChI is InChI=1S/C28H36N4O6S/c1-2-3-13-32(16-22(26(34)35)15-29-25(33)24-17-39-18-30-24)28(38)31-23(27(36)37)14-19-9-11-21(12-10-19)20-7-5-4-6-8-20/h4-12,22-24,30H,2-3,13-18H2,1H3,(H,29,33)(H,31,38)(H,34,35)(H,36,37)/t22-,23+,24+/m1/s1. The van der Waals surface area contributed by atoms with Gasteiger partial charge in [0.15, 0.2) is 0 Å². The molecule has 0 aromatic heterocycles. The molecule has 11 heteroatoms. The Morgan fingerprint density at radius 2 is 1.72 bits per heavy atom. The highest BCUT2D eigenvalue weighted by atomic mass is 32.2. The maximum Gasteiger partial charge on any atom is 0.326 e. The molecule has 0 spiro atoms. The van der Waals surface area contributed by atoms with Gasteiger partial charge in [0.1, 0.15) is 6.04 Å². The fraction of sp³-hybridized carbons (Fsp3) is 0.429. The summed E-state index contributed by atoms with van der Waals surface area (Å²) in [4.78, 5) is 50.8. The minimum Gasteiger partial charge on any atom is -0.481 e. The number of rotatable bonds is 14. The van der Waals surface area contributed by atoms with E-state index >= 15 is 0 Å². The normalized spacial score (nSPS) is 16.2. The van der Waals surface area contributed by atoms with Crippen LogP contribution < -0.4 is 16.0 Å². The van der Waals surface area contributed by atoms with E-state index in [-0.39, 0.29) is 38.0 Å². The molecule has 0 bridgehead atoms. The number of nitrogens with one attached hydrogen (secondary N) is 3. The highest BCUT2D eigenvalue weighted by molar-refractivity contribution is 7.99. The van der Waals surface area contributed by atoms with Crippen molar-refractivity contribution in [1.82, 2.24) is 20.9 Å². The Morgan fingerprint density at radius 1 is 1.03 bits per heavy atom. The van der Waals surface area contributed by atoms with Gasteiger partial charge in [0.2, 0.25) is 5.91 Å². The monoisotopic (exact) mass is 556 g/mol. The first-order valence-electron chi connectivity index (χ1n) is 13.0. The lowest BCUT2D eigenvalue weighted by molar-refractivity contribution is -0.142. The molecule has 1 heterocycles. The molecule has 0 radical (unpaired) electrons. The van der Waals surface area contributed by atoms with Crippen LogP contribution in [-0.4, -0.2) is 82.3 Å². The van der Waals surface area contributed by atoms with E-state index in [0.717, 1.165) is 23.1 Å². The second-order valence-electron chi connectivity index (χ2n) is 9.46. The van der Waals surface area contributed by atoms with E-state index in [0.29, 0.717) is 18.1 Å². The van der Waals surface area contributed by atoms with Gasteiger partial charge in [0.25, 0.3) is 0 Å². The Bertz CT molecular complexity index is 1110. The highest BCUT2D eigenvalue weighted by Gasteiger charge is 2.29. The predicted octanol–water partition coefficient (Wildman–Crippen LogP) is 2.64. The summed E-state index contributed by atoms with van der Waals surface area (Å²) in [6.07, 6.45) is 1.45. The number of aliphatic carboxylic acids is 2. The summed E-state index contributed by atoms with van der Waals surface area (Å²) in [6.45, 7) is 1.91. The van der Waals surface area contributed by atoms with Crippen LogP contribution in [0.1, 0.15) is 25.3 Å². The number of carbonyl (C=O) groups excluding carboxylic acids is 2. The molecule has 5 N–H and O–H groups in total. The van der Waals surface area contributed by atoms with Crippen molar-refractivity contribution in [2.24, 2.45) is 5.92 Å². The lowest BCUT2D eigenvalue weighted by Crippen LogP contribution is -2.52. The number of urea groups is 1. The van der Waals surface area contributed by atoms with E-state index < -0.39 is 29.9 Å². The summed E-state index contributed by atoms with van der Waals surface area (Å²) in [7, 11) is 0. The molecule has 2 aromatic carbocycles. The predicted molar refractivity (Wildman–Crippen MR) is 150 cm³/mol. The van der Waals surface area contributed by atoms with Crippen LogP contribution in [0.15, 0.2) is 54.6 Å². The van der Waals surface area contributed by atoms with Crippen LogP contribution in [0.25, 0.3) is 11.1 Å². The van der Waals surface area contributed by atoms with Gasteiger partial charge in [-0.3, -0.25) is 14.9 Å². The number of hydrogen-bond acceptors (Lipinski definition) is 6. The number of unbranched alkanes of at least 4 members (excludes halogenated alkanes) is 1. The summed E-state index contributed by atoms with van der Waals surface area (Å²) in [6, 6.07) is 15.1. The van der Waals surface area contributed by atoms with Gasteiger partial charge >= 0.3 is 18.0 Å². The third kappa shape index (κ3) is 9.29. The number of benzene rings is 2. The third-order valence-electron chi connectivity index (χ3n) is 6.51. The Labute approximate surface area is 232 Å². The number of carboxylic acid groups (broad SMARTS) is 2. The maximum absolute atomic E-state index is 13.2. The van der Waals surface area contributed by atoms with Crippen molar-refractivity contribution in [2.75, 3.05) is 31.3 Å². The molecule has 0 unspecified atom stereocenters. The number of thioether (sulfide) groups is 1. The van der Waals surface area contributed by atoms with Crippen LogP contribution in [-0.2, 0) is 20.8 Å². The van der Waals surface area contributed by atoms with Crippen molar-refractivity contribution in [3.8, 4) is 11.1 Å². The van der Waals surface area contributed by atoms with E-state index in [1.807, 2.05) is 61.5 Å². The summed E-state index contributed by atoms with van der Waals surface area (Å²) in [5, 5.41) is 27.8. The Hall–Kier alpha value is -3.57. The lowest BCUT2D eigenvalue weighted by atomic mass is 10.0. The topological polar surface area (TPSA) is 148 Å². The molecule has 1 saturated heterocycles. The van der Waals surface area contributed by atoms with E-state index in [1.54, 1.807) is 11.8 Å². The number of carbonyl (C=O) groups is 4. The van der Waals surface area contributed by atoms with E-state index in [9.17, 15) is 29.4 Å². The SMILES string of the molecule is CCCCN(C[C@@H](CNC(=O)[C@@H]1CSCN1)C(=O)O)C(=O)N[C@@H](Cc1ccc(-c2ccccc2)cc1)C(=O)O. The molecule has 3 rings (SSSR count). The first-order chi connectivity index (χ1) is 18.8. The van der Waals surface area contributed by atoms with Crippen molar-refractivity contribution in [1.29, 1.82) is 0 Å². The molecular weight excluding hydrogens is 520 g/mol. The average Bonchev–Trinajstić information content (AvgIpc) is 3.48. The molecule has 1 aliphatic heterocycles. The quantitative estimate of drug-likeness (QED) is 0.239. The van der Waals surface area contributed by atoms with Crippen LogP contribution in [0, 0.1) is 5.92 Å². The van der Waals surface area contributed by atoms with Crippen molar-refractivity contribution in [2.45, 2.75) is 38.3 Å². The van der Waals surface area contributed by atoms with Crippen molar-refractivity contribution in [3.63, 3.8) is 0 Å². The first kappa shape index (κ1) is 30.0. The highest BCUT2D eigenvalue weighted by Crippen LogP contribution is 2.20. The number of nitrogens with zero attached hydrogens (tertiary/aromatic N) is 1. The van der Waals surface area contributed by atoms with Crippen molar-refractivity contribution < 1.29 is 29.4 Å². The van der Waals surface area contributed by atoms with E-state index in [4.69, 9.17) is 0 Å². The summed E-state index contributed by atoms with van der Waals surface area (Å²) in [5.74, 6) is -2.38. The zero-order valence-corrected chi connectivity index (χ0v) is 22.8. The maximum atomic E-state index is 13.2. The number of hydrogen-bond donors (Lipinski definition) is 5. The smallest absolute Gasteiger partial charge is 0.326 e. The summed E-state index contributed by atoms with van der Waals surface area (Å²) < 4.78 is 0. The van der Waals surface area contributed by atoms with Crippen LogP contribution in [0.4, 0.5) is 4.79 Å². The van der Waals surface area contributed by atoms with E-state index in [2.05, 4.69) is 16.0 Å². The van der Waals surface area contributed by atoms with Gasteiger partial charge in [-0.05, 0) is 23.1 Å². The lowest BCUT2D eigenvalue weighted by Gasteiger charge is -2.28. The van der Waals surface area contributed by atoms with Gasteiger partial charge in [0, 0.05) is 37.7 Å². The van der Waals surface area contributed by atoms with Crippen LogP contribution in [0.2, 0.25) is 0 Å². The zero-order chi connectivity index (χ0) is 28.2. The summed E-state index contributed by atoms with van der Waals surface area (Å²) >= 11 is 1.59. The fourth-order valence-corrected chi connectivity index (χ4v) is 5.11. The number of carboxylic acids is 2. The molecule has 3 atom stereocenters. The second-order valence-corrected chi connectivity index (χ2v) is 10.5. The molecule has 2 aromatic rings. The van der Waals surface area contributed by atoms with Gasteiger partial charge in [-0.25, -0.2) is 9.59 Å². The van der Waals surface area contributed by atoms with Gasteiger partial charge in [-0.2, -0.15) is 0 Å². The van der Waals surface area contributed by atoms with Crippen LogP contribution in [0.5, 0.6) is 0 Å². The minimum absolute atomic E-state index is 0.0720. The molecule has 3 amide bonds. The van der Waals surface area contributed by atoms with Crippen LogP contribution >= 0.6 is 11.8 Å². The van der Waals surface area contributed by atoms with Gasteiger partial charge in [-0.1, -0.05) is 67.9 Å². The molecule has 0 aliphatic carbocycles. The largest absolute Gasteiger partial charge is 0.481 e. The van der Waals surface area contributed by atoms with E-state index in [1.165, 1.54) is 4.90 Å². The number of amides is 3. The van der Waals surface area contributed by atoms with Crippen molar-refractivity contribution in [3.05, 3.63) is 60.2 Å². The Morgan fingerprint density at radius 3 is 2.31 bits per heavy atom. The molecule has 1 fully saturated rings. The van der Waals surface area contributed by atoms with Gasteiger partial charge < -0.3 is 25.7 Å². The molecule has 10 nitrogen and oxygen atoms in total. The molecule has 39 heavy (non-hydrogen) atoms. The van der Waals surface area contributed by atoms with Gasteiger partial charge in [-0.15, -0.1) is 11.8 Å². The Kier molecular flexibility index (Phi) is 11.6. The average molecular weight is 557 g/mol. The fourth-order valence-electron chi connectivity index (χ4n) is 4.17. The molecular formula is C28H36N4O6S. The molecule has 210 valence electrons. The second kappa shape index (κ2) is 15.1. The molecule has 0 saturated carbocycles. The zero-order valence-electron chi connectivity index (χ0n) is 22.0.